The van der Waals surface area contributed by atoms with Crippen molar-refractivity contribution in [3.05, 3.63) is 131 Å². The molecule has 6 aromatic rings. The summed E-state index contributed by atoms with van der Waals surface area (Å²) in [6, 6.07) is 26.5. The molecule has 0 fully saturated rings. The third kappa shape index (κ3) is 5.65. The van der Waals surface area contributed by atoms with Crippen molar-refractivity contribution in [1.29, 1.82) is 0 Å². The van der Waals surface area contributed by atoms with Gasteiger partial charge < -0.3 is 9.47 Å². The second kappa shape index (κ2) is 11.8. The van der Waals surface area contributed by atoms with Crippen LogP contribution in [0.1, 0.15) is 56.9 Å². The highest BCUT2D eigenvalue weighted by molar-refractivity contribution is 6.25. The Kier molecular flexibility index (Phi) is 7.90. The summed E-state index contributed by atoms with van der Waals surface area (Å²) in [5.41, 5.74) is 2.91. The number of hydrogen-bond donors (Lipinski definition) is 0. The van der Waals surface area contributed by atoms with Crippen LogP contribution in [0.5, 0.6) is 0 Å². The van der Waals surface area contributed by atoms with E-state index in [4.69, 9.17) is 9.47 Å². The predicted molar refractivity (Wildman–Crippen MR) is 197 cm³/mol. The summed E-state index contributed by atoms with van der Waals surface area (Å²) in [7, 11) is 0. The topological polar surface area (TPSA) is 52.6 Å². The first-order valence-corrected chi connectivity index (χ1v) is 16.7. The molecule has 7 rings (SSSR count). The van der Waals surface area contributed by atoms with Crippen LogP contribution >= 0.6 is 0 Å². The highest BCUT2D eigenvalue weighted by Gasteiger charge is 2.47. The lowest BCUT2D eigenvalue weighted by atomic mass is 9.78. The van der Waals surface area contributed by atoms with Crippen LogP contribution in [0.25, 0.3) is 54.6 Å². The maximum atomic E-state index is 14.2. The Balaban J connectivity index is 1.46. The Labute approximate surface area is 294 Å². The number of halogens is 3. The molecule has 0 aromatic heterocycles. The second-order valence-corrected chi connectivity index (χ2v) is 14.8. The van der Waals surface area contributed by atoms with Crippen molar-refractivity contribution in [1.82, 2.24) is 0 Å². The molecule has 0 aliphatic heterocycles. The van der Waals surface area contributed by atoms with E-state index in [9.17, 15) is 22.8 Å². The van der Waals surface area contributed by atoms with E-state index < -0.39 is 29.1 Å². The first kappa shape index (κ1) is 34.0. The fourth-order valence-electron chi connectivity index (χ4n) is 7.32. The van der Waals surface area contributed by atoms with E-state index in [1.54, 1.807) is 0 Å². The molecular weight excluding hydrogens is 649 g/mol. The number of fused-ring (bicyclic) bond motifs is 3. The van der Waals surface area contributed by atoms with Gasteiger partial charge in [-0.15, -0.1) is 0 Å². The molecule has 0 atom stereocenters. The summed E-state index contributed by atoms with van der Waals surface area (Å²) in [4.78, 5) is 25.6. The van der Waals surface area contributed by atoms with Gasteiger partial charge in [0.05, 0.1) is 11.0 Å². The maximum absolute atomic E-state index is 14.2. The van der Waals surface area contributed by atoms with Crippen molar-refractivity contribution in [2.24, 2.45) is 0 Å². The van der Waals surface area contributed by atoms with Crippen molar-refractivity contribution in [3.63, 3.8) is 0 Å². The van der Waals surface area contributed by atoms with E-state index >= 15 is 0 Å². The molecule has 0 radical (unpaired) electrons. The number of carbonyl (C=O) groups excluding carboxylic acids is 2. The lowest BCUT2D eigenvalue weighted by Crippen LogP contribution is -2.38. The highest BCUT2D eigenvalue weighted by atomic mass is 19.4. The van der Waals surface area contributed by atoms with E-state index in [1.165, 1.54) is 30.9 Å². The molecule has 258 valence electrons. The van der Waals surface area contributed by atoms with Gasteiger partial charge in [-0.05, 0) is 109 Å². The molecule has 0 spiro atoms. The van der Waals surface area contributed by atoms with Crippen molar-refractivity contribution >= 4 is 44.3 Å². The molecule has 1 aliphatic carbocycles. The van der Waals surface area contributed by atoms with Gasteiger partial charge in [-0.25, -0.2) is 9.59 Å². The van der Waals surface area contributed by atoms with E-state index in [2.05, 4.69) is 82.5 Å². The van der Waals surface area contributed by atoms with E-state index in [0.29, 0.717) is 16.7 Å². The molecule has 0 heterocycles. The van der Waals surface area contributed by atoms with Crippen molar-refractivity contribution in [2.45, 2.75) is 51.6 Å². The molecule has 0 saturated carbocycles. The van der Waals surface area contributed by atoms with Gasteiger partial charge in [0.25, 0.3) is 0 Å². The monoisotopic (exact) mass is 686 g/mol. The third-order valence-electron chi connectivity index (χ3n) is 10.1. The molecule has 6 aromatic carbocycles. The minimum absolute atomic E-state index is 0.0254. The summed E-state index contributed by atoms with van der Waals surface area (Å²) in [6.45, 7) is 16.1. The van der Waals surface area contributed by atoms with E-state index in [0.717, 1.165) is 50.2 Å². The molecule has 4 nitrogen and oxygen atoms in total. The van der Waals surface area contributed by atoms with Gasteiger partial charge in [-0.3, -0.25) is 0 Å². The minimum Gasteiger partial charge on any atom is -0.461 e. The van der Waals surface area contributed by atoms with Crippen molar-refractivity contribution in [2.75, 3.05) is 13.2 Å². The number of rotatable bonds is 7. The molecule has 0 unspecified atom stereocenters. The molecule has 0 saturated heterocycles. The number of alkyl halides is 3. The first-order chi connectivity index (χ1) is 24.0. The SMILES string of the molecule is C=C(C)C(=O)OCC1(COC(=O)C(=C)C)c2cc(-c3ccc4ccc5cc(C(C)(C)C)cc6ccc3c4c56)ccc2-c2ccc(C(F)(F)F)cc21. The summed E-state index contributed by atoms with van der Waals surface area (Å²) in [6.07, 6.45) is -4.64. The molecule has 51 heavy (non-hydrogen) atoms. The Morgan fingerprint density at radius 3 is 1.71 bits per heavy atom. The van der Waals surface area contributed by atoms with Gasteiger partial charge in [-0.1, -0.05) is 101 Å². The van der Waals surface area contributed by atoms with Gasteiger partial charge in [0.15, 0.2) is 0 Å². The zero-order valence-corrected chi connectivity index (χ0v) is 29.2. The summed E-state index contributed by atoms with van der Waals surface area (Å²) < 4.78 is 53.9. The third-order valence-corrected chi connectivity index (χ3v) is 10.1. The van der Waals surface area contributed by atoms with Crippen molar-refractivity contribution < 1.29 is 32.2 Å². The van der Waals surface area contributed by atoms with E-state index in [1.807, 2.05) is 18.2 Å². The lowest BCUT2D eigenvalue weighted by molar-refractivity contribution is -0.145. The van der Waals surface area contributed by atoms with E-state index in [-0.39, 0.29) is 35.3 Å². The quantitative estimate of drug-likeness (QED) is 0.0953. The average molecular weight is 687 g/mol. The van der Waals surface area contributed by atoms with Crippen LogP contribution in [0, 0.1) is 0 Å². The standard InChI is InChI=1S/C44H37F3O4/c1-24(2)40(48)50-22-43(23-51-41(49)25(3)4)36-20-27(11-15-33(36)34-17-13-30(21-37(34)43)44(45,46)47)32-14-10-26-8-9-28-18-31(42(5,6)7)19-29-12-16-35(32)39(26)38(28)29/h8-21H,1,3,22-23H2,2,4-7H3. The minimum atomic E-state index is -4.64. The fourth-order valence-corrected chi connectivity index (χ4v) is 7.32. The predicted octanol–water partition coefficient (Wildman–Crippen LogP) is 11.1. The van der Waals surface area contributed by atoms with Crippen LogP contribution in [0.15, 0.2) is 109 Å². The number of carbonyl (C=O) groups is 2. The van der Waals surface area contributed by atoms with Crippen LogP contribution in [-0.4, -0.2) is 25.2 Å². The number of hydrogen-bond acceptors (Lipinski definition) is 4. The molecule has 1 aliphatic rings. The van der Waals surface area contributed by atoms with Crippen molar-refractivity contribution in [3.8, 4) is 22.3 Å². The van der Waals surface area contributed by atoms with Gasteiger partial charge >= 0.3 is 18.1 Å². The summed E-state index contributed by atoms with van der Waals surface area (Å²) >= 11 is 0. The Bertz CT molecular complexity index is 2400. The number of esters is 2. The van der Waals surface area contributed by atoms with Crippen LogP contribution in [0.4, 0.5) is 13.2 Å². The zero-order chi connectivity index (χ0) is 36.6. The highest BCUT2D eigenvalue weighted by Crippen LogP contribution is 2.52. The molecule has 0 N–H and O–H groups in total. The second-order valence-electron chi connectivity index (χ2n) is 14.8. The number of benzene rings is 6. The normalized spacial score (nSPS) is 13.7. The number of ether oxygens (including phenoxy) is 2. The van der Waals surface area contributed by atoms with Gasteiger partial charge in [0.2, 0.25) is 0 Å². The molecular formula is C44H37F3O4. The molecule has 0 bridgehead atoms. The lowest BCUT2D eigenvalue weighted by Gasteiger charge is -2.32. The van der Waals surface area contributed by atoms with Gasteiger partial charge in [-0.2, -0.15) is 13.2 Å². The Morgan fingerprint density at radius 1 is 0.627 bits per heavy atom. The van der Waals surface area contributed by atoms with Gasteiger partial charge in [0, 0.05) is 11.1 Å². The fraction of sp³-hybridized carbons (Fsp3) is 0.227. The largest absolute Gasteiger partial charge is 0.461 e. The van der Waals surface area contributed by atoms with Crippen LogP contribution in [0.2, 0.25) is 0 Å². The van der Waals surface area contributed by atoms with Crippen LogP contribution in [-0.2, 0) is 36.1 Å². The zero-order valence-electron chi connectivity index (χ0n) is 29.2. The molecule has 7 heteroatoms. The van der Waals surface area contributed by atoms with Gasteiger partial charge in [0.1, 0.15) is 13.2 Å². The Hall–Kier alpha value is -5.43. The Morgan fingerprint density at radius 2 is 1.14 bits per heavy atom. The first-order valence-electron chi connectivity index (χ1n) is 16.7. The smallest absolute Gasteiger partial charge is 0.416 e. The summed E-state index contributed by atoms with van der Waals surface area (Å²) in [5, 5.41) is 6.71. The average Bonchev–Trinajstić information content (AvgIpc) is 3.35. The summed E-state index contributed by atoms with van der Waals surface area (Å²) in [5.74, 6) is -1.42. The molecule has 0 amide bonds. The van der Waals surface area contributed by atoms with Crippen LogP contribution < -0.4 is 0 Å². The van der Waals surface area contributed by atoms with Crippen LogP contribution in [0.3, 0.4) is 0 Å². The maximum Gasteiger partial charge on any atom is 0.416 e.